The maximum atomic E-state index is 13.4. The Balaban J connectivity index is 1.50. The van der Waals surface area contributed by atoms with Crippen molar-refractivity contribution < 1.29 is 18.8 Å². The second kappa shape index (κ2) is 13.1. The number of benzene rings is 3. The summed E-state index contributed by atoms with van der Waals surface area (Å²) in [5.41, 5.74) is 4.31. The Morgan fingerprint density at radius 1 is 0.850 bits per heavy atom. The Hall–Kier alpha value is -4.40. The van der Waals surface area contributed by atoms with Crippen LogP contribution in [0.15, 0.2) is 66.7 Å². The van der Waals surface area contributed by atoms with Crippen LogP contribution in [0.25, 0.3) is 0 Å². The molecule has 0 unspecified atom stereocenters. The van der Waals surface area contributed by atoms with Crippen molar-refractivity contribution >= 4 is 34.9 Å². The monoisotopic (exact) mass is 545 g/mol. The van der Waals surface area contributed by atoms with Crippen molar-refractivity contribution in [3.63, 3.8) is 0 Å². The highest BCUT2D eigenvalue weighted by atomic mass is 19.1. The van der Waals surface area contributed by atoms with Crippen molar-refractivity contribution in [1.82, 2.24) is 10.2 Å². The number of anilines is 3. The number of carbonyl (C=O) groups is 3. The molecular formula is C31H36FN5O3. The lowest BCUT2D eigenvalue weighted by atomic mass is 10.1. The minimum atomic E-state index is -0.339. The molecule has 1 aliphatic rings. The molecule has 8 nitrogen and oxygen atoms in total. The molecule has 0 spiro atoms. The normalized spacial score (nSPS) is 13.5. The molecule has 0 aromatic heterocycles. The molecule has 210 valence electrons. The molecule has 0 radical (unpaired) electrons. The fourth-order valence-electron chi connectivity index (χ4n) is 4.44. The molecule has 0 atom stereocenters. The van der Waals surface area contributed by atoms with Gasteiger partial charge >= 0.3 is 6.03 Å². The Labute approximate surface area is 234 Å². The SMILES string of the molecule is Cc1ccc(NC(=O)N2CCCN(c3ccc(NC(=O)C(C)C)cc3C(=O)NCc3ccc(F)cc3)CC2)cc1. The molecule has 3 N–H and O–H groups in total. The molecule has 1 aliphatic heterocycles. The van der Waals surface area contributed by atoms with Gasteiger partial charge in [-0.2, -0.15) is 0 Å². The molecule has 0 aliphatic carbocycles. The fraction of sp³-hybridized carbons (Fsp3) is 0.323. The van der Waals surface area contributed by atoms with Crippen molar-refractivity contribution in [3.05, 3.63) is 89.2 Å². The third kappa shape index (κ3) is 7.59. The first-order valence-corrected chi connectivity index (χ1v) is 13.5. The molecule has 4 rings (SSSR count). The van der Waals surface area contributed by atoms with Gasteiger partial charge < -0.3 is 25.8 Å². The third-order valence-corrected chi connectivity index (χ3v) is 6.83. The van der Waals surface area contributed by atoms with Crippen LogP contribution in [0.3, 0.4) is 0 Å². The van der Waals surface area contributed by atoms with Gasteiger partial charge in [0.25, 0.3) is 5.91 Å². The average Bonchev–Trinajstić information content (AvgIpc) is 3.20. The smallest absolute Gasteiger partial charge is 0.321 e. The van der Waals surface area contributed by atoms with E-state index in [-0.39, 0.29) is 36.1 Å². The zero-order valence-corrected chi connectivity index (χ0v) is 23.2. The Kier molecular flexibility index (Phi) is 9.37. The van der Waals surface area contributed by atoms with Gasteiger partial charge in [-0.1, -0.05) is 43.7 Å². The average molecular weight is 546 g/mol. The first-order valence-electron chi connectivity index (χ1n) is 13.5. The largest absolute Gasteiger partial charge is 0.369 e. The summed E-state index contributed by atoms with van der Waals surface area (Å²) in [6.07, 6.45) is 0.726. The number of carbonyl (C=O) groups excluding carboxylic acids is 3. The summed E-state index contributed by atoms with van der Waals surface area (Å²) in [7, 11) is 0. The zero-order chi connectivity index (χ0) is 28.6. The molecule has 0 saturated carbocycles. The molecule has 4 amide bonds. The number of hydrogen-bond acceptors (Lipinski definition) is 4. The quantitative estimate of drug-likeness (QED) is 0.371. The summed E-state index contributed by atoms with van der Waals surface area (Å²) in [6.45, 7) is 8.10. The van der Waals surface area contributed by atoms with Crippen molar-refractivity contribution in [2.45, 2.75) is 33.7 Å². The van der Waals surface area contributed by atoms with E-state index in [1.807, 2.05) is 37.3 Å². The molecule has 1 heterocycles. The van der Waals surface area contributed by atoms with E-state index in [0.29, 0.717) is 37.4 Å². The van der Waals surface area contributed by atoms with Gasteiger partial charge in [0.2, 0.25) is 5.91 Å². The van der Waals surface area contributed by atoms with E-state index < -0.39 is 0 Å². The number of halogens is 1. The second-order valence-electron chi connectivity index (χ2n) is 10.3. The van der Waals surface area contributed by atoms with Crippen LogP contribution in [0.5, 0.6) is 0 Å². The third-order valence-electron chi connectivity index (χ3n) is 6.83. The number of amides is 4. The number of hydrogen-bond donors (Lipinski definition) is 3. The van der Waals surface area contributed by atoms with E-state index in [9.17, 15) is 18.8 Å². The molecule has 1 saturated heterocycles. The Morgan fingerprint density at radius 2 is 1.55 bits per heavy atom. The highest BCUT2D eigenvalue weighted by molar-refractivity contribution is 6.02. The second-order valence-corrected chi connectivity index (χ2v) is 10.3. The van der Waals surface area contributed by atoms with E-state index in [1.165, 1.54) is 12.1 Å². The minimum absolute atomic E-state index is 0.143. The standard InChI is InChI=1S/C31H36FN5O3/c1-21(2)29(38)34-26-13-14-28(27(19-26)30(39)33-20-23-7-9-24(32)10-8-23)36-15-4-16-37(18-17-36)31(40)35-25-11-5-22(3)6-12-25/h5-14,19,21H,4,15-18,20H2,1-3H3,(H,33,39)(H,34,38)(H,35,40). The zero-order valence-electron chi connectivity index (χ0n) is 23.2. The number of rotatable bonds is 7. The first-order chi connectivity index (χ1) is 19.2. The summed E-state index contributed by atoms with van der Waals surface area (Å²) in [5.74, 6) is -1.000. The van der Waals surface area contributed by atoms with Crippen LogP contribution in [0.2, 0.25) is 0 Å². The van der Waals surface area contributed by atoms with Crippen LogP contribution < -0.4 is 20.9 Å². The summed E-state index contributed by atoms with van der Waals surface area (Å²) < 4.78 is 13.3. The van der Waals surface area contributed by atoms with Crippen molar-refractivity contribution in [3.8, 4) is 0 Å². The molecule has 3 aromatic carbocycles. The highest BCUT2D eigenvalue weighted by Crippen LogP contribution is 2.26. The van der Waals surface area contributed by atoms with Gasteiger partial charge in [0.15, 0.2) is 0 Å². The molecule has 1 fully saturated rings. The summed E-state index contributed by atoms with van der Waals surface area (Å²) in [6, 6.07) is 18.8. The van der Waals surface area contributed by atoms with Gasteiger partial charge in [-0.3, -0.25) is 9.59 Å². The van der Waals surface area contributed by atoms with E-state index in [4.69, 9.17) is 0 Å². The summed E-state index contributed by atoms with van der Waals surface area (Å²) >= 11 is 0. The van der Waals surface area contributed by atoms with Crippen LogP contribution in [-0.2, 0) is 11.3 Å². The number of nitrogens with one attached hydrogen (secondary N) is 3. The van der Waals surface area contributed by atoms with E-state index in [2.05, 4.69) is 20.9 Å². The van der Waals surface area contributed by atoms with E-state index >= 15 is 0 Å². The van der Waals surface area contributed by atoms with Gasteiger partial charge in [-0.05, 0) is 61.4 Å². The van der Waals surface area contributed by atoms with Gasteiger partial charge in [0.05, 0.1) is 5.56 Å². The van der Waals surface area contributed by atoms with Crippen molar-refractivity contribution in [2.24, 2.45) is 5.92 Å². The van der Waals surface area contributed by atoms with Crippen LogP contribution in [-0.4, -0.2) is 48.9 Å². The number of nitrogens with zero attached hydrogens (tertiary/aromatic N) is 2. The topological polar surface area (TPSA) is 93.8 Å². The number of urea groups is 1. The van der Waals surface area contributed by atoms with Crippen molar-refractivity contribution in [2.75, 3.05) is 41.7 Å². The summed E-state index contributed by atoms with van der Waals surface area (Å²) in [4.78, 5) is 42.5. The van der Waals surface area contributed by atoms with Gasteiger partial charge in [-0.15, -0.1) is 0 Å². The molecular weight excluding hydrogens is 509 g/mol. The van der Waals surface area contributed by atoms with Gasteiger partial charge in [-0.25, -0.2) is 9.18 Å². The lowest BCUT2D eigenvalue weighted by Crippen LogP contribution is -2.38. The van der Waals surface area contributed by atoms with E-state index in [1.54, 1.807) is 43.0 Å². The Bertz CT molecular complexity index is 1340. The van der Waals surface area contributed by atoms with Crippen LogP contribution >= 0.6 is 0 Å². The van der Waals surface area contributed by atoms with Crippen LogP contribution in [0.1, 0.15) is 41.8 Å². The highest BCUT2D eigenvalue weighted by Gasteiger charge is 2.23. The minimum Gasteiger partial charge on any atom is -0.369 e. The first kappa shape index (κ1) is 28.6. The maximum absolute atomic E-state index is 13.4. The molecule has 40 heavy (non-hydrogen) atoms. The van der Waals surface area contributed by atoms with Gasteiger partial charge in [0.1, 0.15) is 5.82 Å². The van der Waals surface area contributed by atoms with Crippen LogP contribution in [0, 0.1) is 18.7 Å². The lowest BCUT2D eigenvalue weighted by Gasteiger charge is -2.26. The molecule has 9 heteroatoms. The lowest BCUT2D eigenvalue weighted by molar-refractivity contribution is -0.118. The predicted octanol–water partition coefficient (Wildman–Crippen LogP) is 5.40. The molecule has 0 bridgehead atoms. The van der Waals surface area contributed by atoms with Crippen LogP contribution in [0.4, 0.5) is 26.2 Å². The van der Waals surface area contributed by atoms with E-state index in [0.717, 1.165) is 28.9 Å². The van der Waals surface area contributed by atoms with Gasteiger partial charge in [0, 0.05) is 55.7 Å². The van der Waals surface area contributed by atoms with Crippen molar-refractivity contribution in [1.29, 1.82) is 0 Å². The maximum Gasteiger partial charge on any atom is 0.321 e. The summed E-state index contributed by atoms with van der Waals surface area (Å²) in [5, 5.41) is 8.75. The predicted molar refractivity (Wildman–Crippen MR) is 156 cm³/mol. The Morgan fingerprint density at radius 3 is 2.25 bits per heavy atom. The fourth-order valence-corrected chi connectivity index (χ4v) is 4.44. The number of aryl methyl sites for hydroxylation is 1. The molecule has 3 aromatic rings.